The molecule has 1 aliphatic rings. The van der Waals surface area contributed by atoms with Gasteiger partial charge in [-0.2, -0.15) is 0 Å². The maximum absolute atomic E-state index is 14.0. The lowest BCUT2D eigenvalue weighted by molar-refractivity contribution is -0.139. The van der Waals surface area contributed by atoms with Gasteiger partial charge in [0.2, 0.25) is 0 Å². The van der Waals surface area contributed by atoms with Crippen LogP contribution in [-0.2, 0) is 9.53 Å². The number of carbonyl (C=O) groups is 1. The van der Waals surface area contributed by atoms with Crippen molar-refractivity contribution in [2.45, 2.75) is 52.5 Å². The van der Waals surface area contributed by atoms with E-state index in [1.54, 1.807) is 36.6 Å². The minimum Gasteiger partial charge on any atom is -0.494 e. The van der Waals surface area contributed by atoms with Crippen molar-refractivity contribution < 1.29 is 23.7 Å². The molecule has 0 spiro atoms. The van der Waals surface area contributed by atoms with Crippen LogP contribution in [0.4, 0.5) is 0 Å². The third-order valence-electron chi connectivity index (χ3n) is 7.61. The van der Waals surface area contributed by atoms with Gasteiger partial charge in [0.25, 0.3) is 5.56 Å². The zero-order valence-corrected chi connectivity index (χ0v) is 28.4. The van der Waals surface area contributed by atoms with Gasteiger partial charge in [0, 0.05) is 10.6 Å². The van der Waals surface area contributed by atoms with E-state index in [0.29, 0.717) is 51.2 Å². The minimum atomic E-state index is -0.709. The van der Waals surface area contributed by atoms with E-state index in [4.69, 9.17) is 30.5 Å². The second kappa shape index (κ2) is 16.5. The molecule has 3 aromatic carbocycles. The van der Waals surface area contributed by atoms with Crippen LogP contribution >= 0.6 is 22.9 Å². The van der Waals surface area contributed by atoms with Crippen LogP contribution in [0, 0.1) is 0 Å². The highest BCUT2D eigenvalue weighted by atomic mass is 35.5. The molecule has 0 fully saturated rings. The van der Waals surface area contributed by atoms with Crippen molar-refractivity contribution in [3.8, 4) is 17.2 Å². The summed E-state index contributed by atoms with van der Waals surface area (Å²) in [5.41, 5.74) is 2.02. The highest BCUT2D eigenvalue weighted by molar-refractivity contribution is 7.07. The molecule has 0 N–H and O–H groups in total. The summed E-state index contributed by atoms with van der Waals surface area (Å²) in [6.07, 6.45) is 6.47. The summed E-state index contributed by atoms with van der Waals surface area (Å²) in [5, 5.41) is 0.553. The predicted octanol–water partition coefficient (Wildman–Crippen LogP) is 6.87. The quantitative estimate of drug-likeness (QED) is 0.101. The van der Waals surface area contributed by atoms with Crippen LogP contribution in [0.3, 0.4) is 0 Å². The first-order valence-corrected chi connectivity index (χ1v) is 17.1. The molecule has 1 atom stereocenters. The Hall–Kier alpha value is -4.34. The molecule has 0 saturated heterocycles. The molecule has 1 aliphatic heterocycles. The summed E-state index contributed by atoms with van der Waals surface area (Å²) in [5.74, 6) is 1.67. The van der Waals surface area contributed by atoms with E-state index < -0.39 is 12.0 Å². The van der Waals surface area contributed by atoms with Crippen molar-refractivity contribution in [3.63, 3.8) is 0 Å². The highest BCUT2D eigenvalue weighted by Gasteiger charge is 2.33. The van der Waals surface area contributed by atoms with E-state index in [0.717, 1.165) is 29.0 Å². The van der Waals surface area contributed by atoms with E-state index in [-0.39, 0.29) is 12.2 Å². The van der Waals surface area contributed by atoms with Crippen LogP contribution in [0.25, 0.3) is 6.08 Å². The van der Waals surface area contributed by atoms with Gasteiger partial charge in [-0.3, -0.25) is 9.36 Å². The number of halogens is 1. The number of aromatic nitrogens is 1. The van der Waals surface area contributed by atoms with E-state index in [1.165, 1.54) is 30.6 Å². The van der Waals surface area contributed by atoms with Gasteiger partial charge in [-0.25, -0.2) is 9.79 Å². The number of benzene rings is 3. The van der Waals surface area contributed by atoms with Crippen LogP contribution in [0.15, 0.2) is 93.9 Å². The molecule has 10 heteroatoms. The largest absolute Gasteiger partial charge is 0.494 e. The molecule has 47 heavy (non-hydrogen) atoms. The lowest BCUT2D eigenvalue weighted by atomic mass is 9.96. The molecule has 246 valence electrons. The highest BCUT2D eigenvalue weighted by Crippen LogP contribution is 2.31. The van der Waals surface area contributed by atoms with Crippen molar-refractivity contribution in [1.29, 1.82) is 0 Å². The summed E-state index contributed by atoms with van der Waals surface area (Å²) in [6, 6.07) is 21.5. The Morgan fingerprint density at radius 1 is 0.894 bits per heavy atom. The van der Waals surface area contributed by atoms with Crippen molar-refractivity contribution in [2.24, 2.45) is 4.99 Å². The van der Waals surface area contributed by atoms with Gasteiger partial charge in [0.1, 0.15) is 30.5 Å². The molecular weight excluding hydrogens is 636 g/mol. The summed E-state index contributed by atoms with van der Waals surface area (Å²) in [7, 11) is 0. The zero-order valence-electron chi connectivity index (χ0n) is 26.9. The first kappa shape index (κ1) is 34.0. The third-order valence-corrected chi connectivity index (χ3v) is 8.84. The molecule has 4 aromatic rings. The molecule has 0 aliphatic carbocycles. The average Bonchev–Trinajstić information content (AvgIpc) is 3.37. The molecule has 0 radical (unpaired) electrons. The smallest absolute Gasteiger partial charge is 0.338 e. The predicted molar refractivity (Wildman–Crippen MR) is 185 cm³/mol. The van der Waals surface area contributed by atoms with Gasteiger partial charge in [0.05, 0.1) is 35.1 Å². The van der Waals surface area contributed by atoms with Crippen LogP contribution in [0.5, 0.6) is 17.2 Å². The fourth-order valence-electron chi connectivity index (χ4n) is 5.29. The first-order chi connectivity index (χ1) is 22.9. The van der Waals surface area contributed by atoms with Gasteiger partial charge >= 0.3 is 5.97 Å². The molecule has 0 bridgehead atoms. The van der Waals surface area contributed by atoms with Crippen LogP contribution < -0.4 is 29.1 Å². The number of hydrogen-bond acceptors (Lipinski definition) is 8. The number of esters is 1. The van der Waals surface area contributed by atoms with Gasteiger partial charge in [-0.15, -0.1) is 0 Å². The second-order valence-electron chi connectivity index (χ2n) is 11.0. The Balaban J connectivity index is 1.31. The molecule has 2 heterocycles. The standard InChI is InChI=1S/C37H39ClN2O6S/c1-4-6-7-10-21-44-29-17-19-30(20-18-29)45-22-23-46-31-12-9-8-11-27(31)24-32-35(41)40-34(26-13-15-28(38)16-14-26)33(36(42)43-5-2)25(3)39-37(40)47-32/h8-9,11-20,24,34H,4-7,10,21-23H2,1-3H3/b32-24-/t34-/m1/s1. The van der Waals surface area contributed by atoms with Crippen LogP contribution in [0.1, 0.15) is 63.6 Å². The first-order valence-electron chi connectivity index (χ1n) is 15.9. The van der Waals surface area contributed by atoms with E-state index >= 15 is 0 Å². The molecule has 0 amide bonds. The Kier molecular flexibility index (Phi) is 11.9. The summed E-state index contributed by atoms with van der Waals surface area (Å²) >= 11 is 7.42. The Bertz CT molecular complexity index is 1880. The van der Waals surface area contributed by atoms with Crippen molar-refractivity contribution >= 4 is 35.0 Å². The number of ether oxygens (including phenoxy) is 4. The maximum Gasteiger partial charge on any atom is 0.338 e. The Morgan fingerprint density at radius 2 is 1.57 bits per heavy atom. The number of hydrogen-bond donors (Lipinski definition) is 0. The third kappa shape index (κ3) is 8.53. The number of thiazole rings is 1. The number of nitrogens with zero attached hydrogens (tertiary/aromatic N) is 2. The molecule has 8 nitrogen and oxygen atoms in total. The Morgan fingerprint density at radius 3 is 2.28 bits per heavy atom. The van der Waals surface area contributed by atoms with E-state index in [9.17, 15) is 9.59 Å². The fourth-order valence-corrected chi connectivity index (χ4v) is 6.45. The van der Waals surface area contributed by atoms with Crippen molar-refractivity contribution in [3.05, 3.63) is 120 Å². The fraction of sp³-hybridized carbons (Fsp3) is 0.324. The number of unbranched alkanes of at least 4 members (excludes halogenated alkanes) is 3. The number of allylic oxidation sites excluding steroid dienone is 1. The van der Waals surface area contributed by atoms with Crippen molar-refractivity contribution in [1.82, 2.24) is 4.57 Å². The zero-order chi connectivity index (χ0) is 33.2. The second-order valence-corrected chi connectivity index (χ2v) is 12.4. The van der Waals surface area contributed by atoms with Crippen LogP contribution in [-0.4, -0.2) is 37.0 Å². The number of fused-ring (bicyclic) bond motifs is 1. The van der Waals surface area contributed by atoms with Crippen molar-refractivity contribution in [2.75, 3.05) is 26.4 Å². The molecule has 0 unspecified atom stereocenters. The van der Waals surface area contributed by atoms with E-state index in [2.05, 4.69) is 11.9 Å². The Labute approximate surface area is 283 Å². The topological polar surface area (TPSA) is 88.4 Å². The average molecular weight is 675 g/mol. The lowest BCUT2D eigenvalue weighted by Crippen LogP contribution is -2.39. The summed E-state index contributed by atoms with van der Waals surface area (Å²) < 4.78 is 25.2. The number of para-hydroxylation sites is 1. The molecule has 1 aromatic heterocycles. The number of rotatable bonds is 15. The SMILES string of the molecule is CCCCCCOc1ccc(OCCOc2ccccc2/C=c2\sc3n(c2=O)[C@H](c2ccc(Cl)cc2)C(C(=O)OCC)=C(C)N=3)cc1. The van der Waals surface area contributed by atoms with Gasteiger partial charge in [0.15, 0.2) is 4.80 Å². The van der Waals surface area contributed by atoms with Gasteiger partial charge in [-0.05, 0) is 74.4 Å². The van der Waals surface area contributed by atoms with Gasteiger partial charge in [-0.1, -0.05) is 79.5 Å². The molecular formula is C37H39ClN2O6S. The summed E-state index contributed by atoms with van der Waals surface area (Å²) in [6.45, 7) is 7.26. The van der Waals surface area contributed by atoms with Crippen LogP contribution in [0.2, 0.25) is 5.02 Å². The monoisotopic (exact) mass is 674 g/mol. The van der Waals surface area contributed by atoms with E-state index in [1.807, 2.05) is 60.7 Å². The number of carbonyl (C=O) groups excluding carboxylic acids is 1. The maximum atomic E-state index is 14.0. The lowest BCUT2D eigenvalue weighted by Gasteiger charge is -2.24. The molecule has 0 saturated carbocycles. The molecule has 5 rings (SSSR count). The normalized spacial score (nSPS) is 14.4. The van der Waals surface area contributed by atoms with Gasteiger partial charge < -0.3 is 18.9 Å². The minimum absolute atomic E-state index is 0.204. The summed E-state index contributed by atoms with van der Waals surface area (Å²) in [4.78, 5) is 32.2.